The van der Waals surface area contributed by atoms with Gasteiger partial charge in [0.1, 0.15) is 11.5 Å². The molecule has 4 heteroatoms. The Balaban J connectivity index is 1.84. The monoisotopic (exact) mass is 369 g/mol. The molecular weight excluding hydrogens is 338 g/mol. The molecule has 0 saturated carbocycles. The highest BCUT2D eigenvalue weighted by Gasteiger charge is 2.15. The average Bonchev–Trinajstić information content (AvgIpc) is 2.63. The van der Waals surface area contributed by atoms with Crippen molar-refractivity contribution in [1.82, 2.24) is 0 Å². The molecular formula is C23H31NO3. The third-order valence-corrected chi connectivity index (χ3v) is 4.31. The summed E-state index contributed by atoms with van der Waals surface area (Å²) in [5.41, 5.74) is 1.97. The van der Waals surface area contributed by atoms with E-state index in [4.69, 9.17) is 9.47 Å². The summed E-state index contributed by atoms with van der Waals surface area (Å²) in [7, 11) is 0. The predicted molar refractivity (Wildman–Crippen MR) is 111 cm³/mol. The first kappa shape index (κ1) is 20.8. The SMILES string of the molecule is CC(C)CCOc1ccc(NC(=O)C(C)Oc2ccc(C(C)C)cc2)cc1. The maximum atomic E-state index is 12.4. The lowest BCUT2D eigenvalue weighted by atomic mass is 10.0. The molecule has 0 aliphatic heterocycles. The molecule has 0 radical (unpaired) electrons. The highest BCUT2D eigenvalue weighted by Crippen LogP contribution is 2.20. The molecule has 1 amide bonds. The van der Waals surface area contributed by atoms with Crippen LogP contribution in [-0.2, 0) is 4.79 Å². The first-order chi connectivity index (χ1) is 12.8. The summed E-state index contributed by atoms with van der Waals surface area (Å²) in [5.74, 6) is 2.40. The van der Waals surface area contributed by atoms with Crippen LogP contribution < -0.4 is 14.8 Å². The van der Waals surface area contributed by atoms with Crippen molar-refractivity contribution in [2.24, 2.45) is 5.92 Å². The largest absolute Gasteiger partial charge is 0.494 e. The van der Waals surface area contributed by atoms with Gasteiger partial charge >= 0.3 is 0 Å². The van der Waals surface area contributed by atoms with E-state index >= 15 is 0 Å². The predicted octanol–water partition coefficient (Wildman–Crippen LogP) is 5.64. The van der Waals surface area contributed by atoms with E-state index < -0.39 is 6.10 Å². The Morgan fingerprint density at radius 1 is 0.889 bits per heavy atom. The number of anilines is 1. The molecule has 0 fully saturated rings. The molecule has 2 aromatic carbocycles. The van der Waals surface area contributed by atoms with Gasteiger partial charge in [0, 0.05) is 5.69 Å². The standard InChI is InChI=1S/C23H31NO3/c1-16(2)14-15-26-21-12-8-20(9-13-21)24-23(25)18(5)27-22-10-6-19(7-11-22)17(3)4/h6-13,16-18H,14-15H2,1-5H3,(H,24,25). The van der Waals surface area contributed by atoms with Crippen LogP contribution in [0.2, 0.25) is 0 Å². The molecule has 4 nitrogen and oxygen atoms in total. The van der Waals surface area contributed by atoms with Crippen molar-refractivity contribution in [3.05, 3.63) is 54.1 Å². The van der Waals surface area contributed by atoms with Crippen LogP contribution in [0.3, 0.4) is 0 Å². The third-order valence-electron chi connectivity index (χ3n) is 4.31. The number of hydrogen-bond donors (Lipinski definition) is 1. The van der Waals surface area contributed by atoms with E-state index in [0.29, 0.717) is 24.2 Å². The molecule has 1 atom stereocenters. The van der Waals surface area contributed by atoms with E-state index in [1.165, 1.54) is 5.56 Å². The zero-order valence-electron chi connectivity index (χ0n) is 17.0. The van der Waals surface area contributed by atoms with E-state index in [0.717, 1.165) is 17.9 Å². The molecule has 2 aromatic rings. The van der Waals surface area contributed by atoms with Gasteiger partial charge in [-0.15, -0.1) is 0 Å². The van der Waals surface area contributed by atoms with Crippen LogP contribution in [-0.4, -0.2) is 18.6 Å². The van der Waals surface area contributed by atoms with Gasteiger partial charge in [-0.3, -0.25) is 4.79 Å². The van der Waals surface area contributed by atoms with Gasteiger partial charge in [-0.2, -0.15) is 0 Å². The second-order valence-electron chi connectivity index (χ2n) is 7.53. The molecule has 0 spiro atoms. The summed E-state index contributed by atoms with van der Waals surface area (Å²) in [6, 6.07) is 15.3. The zero-order valence-corrected chi connectivity index (χ0v) is 17.0. The number of ether oxygens (including phenoxy) is 2. The van der Waals surface area contributed by atoms with Crippen LogP contribution in [0.25, 0.3) is 0 Å². The minimum atomic E-state index is -0.586. The lowest BCUT2D eigenvalue weighted by Crippen LogP contribution is -2.30. The van der Waals surface area contributed by atoms with Crippen LogP contribution >= 0.6 is 0 Å². The van der Waals surface area contributed by atoms with E-state index in [1.807, 2.05) is 48.5 Å². The number of nitrogens with one attached hydrogen (secondary N) is 1. The summed E-state index contributed by atoms with van der Waals surface area (Å²) in [4.78, 5) is 12.4. The van der Waals surface area contributed by atoms with Crippen LogP contribution in [0.5, 0.6) is 11.5 Å². The molecule has 0 aromatic heterocycles. The summed E-state index contributed by atoms with van der Waals surface area (Å²) >= 11 is 0. The van der Waals surface area contributed by atoms with Crippen molar-refractivity contribution in [1.29, 1.82) is 0 Å². The average molecular weight is 370 g/mol. The van der Waals surface area contributed by atoms with Gasteiger partial charge in [0.2, 0.25) is 0 Å². The number of amides is 1. The van der Waals surface area contributed by atoms with Gasteiger partial charge in [0.25, 0.3) is 5.91 Å². The third kappa shape index (κ3) is 6.97. The number of benzene rings is 2. The molecule has 146 valence electrons. The van der Waals surface area contributed by atoms with Crippen LogP contribution in [0.4, 0.5) is 5.69 Å². The second-order valence-corrected chi connectivity index (χ2v) is 7.53. The highest BCUT2D eigenvalue weighted by molar-refractivity contribution is 5.94. The smallest absolute Gasteiger partial charge is 0.265 e. The first-order valence-electron chi connectivity index (χ1n) is 9.65. The minimum absolute atomic E-state index is 0.184. The van der Waals surface area contributed by atoms with Crippen molar-refractivity contribution in [2.45, 2.75) is 53.1 Å². The molecule has 0 aliphatic rings. The van der Waals surface area contributed by atoms with Gasteiger partial charge < -0.3 is 14.8 Å². The quantitative estimate of drug-likeness (QED) is 0.622. The lowest BCUT2D eigenvalue weighted by molar-refractivity contribution is -0.122. The fourth-order valence-electron chi connectivity index (χ4n) is 2.48. The summed E-state index contributed by atoms with van der Waals surface area (Å²) in [6.07, 6.45) is 0.433. The number of hydrogen-bond acceptors (Lipinski definition) is 3. The van der Waals surface area contributed by atoms with Crippen molar-refractivity contribution in [3.8, 4) is 11.5 Å². The summed E-state index contributed by atoms with van der Waals surface area (Å²) < 4.78 is 11.4. The molecule has 1 N–H and O–H groups in total. The molecule has 2 rings (SSSR count). The Bertz CT molecular complexity index is 705. The zero-order chi connectivity index (χ0) is 19.8. The Morgan fingerprint density at radius 3 is 2.04 bits per heavy atom. The van der Waals surface area contributed by atoms with Gasteiger partial charge in [-0.1, -0.05) is 39.8 Å². The maximum Gasteiger partial charge on any atom is 0.265 e. The van der Waals surface area contributed by atoms with Crippen molar-refractivity contribution >= 4 is 11.6 Å². The molecule has 0 heterocycles. The van der Waals surface area contributed by atoms with Gasteiger partial charge in [0.15, 0.2) is 6.10 Å². The van der Waals surface area contributed by atoms with Gasteiger partial charge in [-0.25, -0.2) is 0 Å². The van der Waals surface area contributed by atoms with E-state index in [9.17, 15) is 4.79 Å². The fourth-order valence-corrected chi connectivity index (χ4v) is 2.48. The first-order valence-corrected chi connectivity index (χ1v) is 9.65. The molecule has 27 heavy (non-hydrogen) atoms. The molecule has 0 aliphatic carbocycles. The van der Waals surface area contributed by atoms with E-state index in [1.54, 1.807) is 6.92 Å². The Hall–Kier alpha value is -2.49. The number of rotatable bonds is 9. The minimum Gasteiger partial charge on any atom is -0.494 e. The number of carbonyl (C=O) groups is 1. The van der Waals surface area contributed by atoms with Crippen LogP contribution in [0.1, 0.15) is 52.5 Å². The normalized spacial score (nSPS) is 12.1. The van der Waals surface area contributed by atoms with E-state index in [-0.39, 0.29) is 5.91 Å². The summed E-state index contributed by atoms with van der Waals surface area (Å²) in [6.45, 7) is 11.1. The number of carbonyl (C=O) groups excluding carboxylic acids is 1. The van der Waals surface area contributed by atoms with Gasteiger partial charge in [-0.05, 0) is 67.1 Å². The highest BCUT2D eigenvalue weighted by atomic mass is 16.5. The molecule has 0 saturated heterocycles. The molecule has 1 unspecified atom stereocenters. The van der Waals surface area contributed by atoms with Crippen molar-refractivity contribution in [3.63, 3.8) is 0 Å². The van der Waals surface area contributed by atoms with Crippen molar-refractivity contribution < 1.29 is 14.3 Å². The van der Waals surface area contributed by atoms with Crippen molar-refractivity contribution in [2.75, 3.05) is 11.9 Å². The van der Waals surface area contributed by atoms with Crippen LogP contribution in [0.15, 0.2) is 48.5 Å². The Morgan fingerprint density at radius 2 is 1.48 bits per heavy atom. The summed E-state index contributed by atoms with van der Waals surface area (Å²) in [5, 5.41) is 2.87. The lowest BCUT2D eigenvalue weighted by Gasteiger charge is -2.16. The Kier molecular flexibility index (Phi) is 7.71. The maximum absolute atomic E-state index is 12.4. The second kappa shape index (κ2) is 10.0. The van der Waals surface area contributed by atoms with Crippen LogP contribution in [0, 0.1) is 5.92 Å². The fraction of sp³-hybridized carbons (Fsp3) is 0.435. The van der Waals surface area contributed by atoms with Gasteiger partial charge in [0.05, 0.1) is 6.61 Å². The van der Waals surface area contributed by atoms with E-state index in [2.05, 4.69) is 33.0 Å². The topological polar surface area (TPSA) is 47.6 Å². The molecule has 0 bridgehead atoms. The Labute approximate surface area is 162 Å².